The van der Waals surface area contributed by atoms with Crippen LogP contribution in [-0.4, -0.2) is 57.1 Å². The van der Waals surface area contributed by atoms with E-state index in [-0.39, 0.29) is 11.5 Å². The molecular weight excluding hydrogens is 334 g/mol. The number of hydrogen-bond acceptors (Lipinski definition) is 6. The molecule has 146 valence electrons. The van der Waals surface area contributed by atoms with E-state index in [4.69, 9.17) is 19.9 Å². The maximum absolute atomic E-state index is 11.8. The number of carbonyl (C=O) groups excluding carboxylic acids is 1. The number of allylic oxidation sites excluding steroid dienone is 1. The third-order valence-corrected chi connectivity index (χ3v) is 3.55. The Morgan fingerprint density at radius 2 is 1.46 bits per heavy atom. The van der Waals surface area contributed by atoms with Gasteiger partial charge in [-0.2, -0.15) is 0 Å². The van der Waals surface area contributed by atoms with Crippen LogP contribution < -0.4 is 5.73 Å². The smallest absolute Gasteiger partial charge is 0.155 e. The fourth-order valence-electron chi connectivity index (χ4n) is 2.09. The summed E-state index contributed by atoms with van der Waals surface area (Å²) < 4.78 is 16.2. The maximum Gasteiger partial charge on any atom is 0.155 e. The summed E-state index contributed by atoms with van der Waals surface area (Å²) in [5.74, 6) is 0.311. The highest BCUT2D eigenvalue weighted by Crippen LogP contribution is 2.11. The van der Waals surface area contributed by atoms with Crippen molar-refractivity contribution in [3.05, 3.63) is 35.9 Å². The van der Waals surface area contributed by atoms with Gasteiger partial charge < -0.3 is 25.1 Å². The highest BCUT2D eigenvalue weighted by molar-refractivity contribution is 5.93. The molecule has 0 aliphatic carbocycles. The zero-order valence-corrected chi connectivity index (χ0v) is 15.4. The zero-order chi connectivity index (χ0) is 18.9. The molecular formula is C20H31NO5. The number of ether oxygens (including phenoxy) is 3. The molecule has 0 saturated heterocycles. The van der Waals surface area contributed by atoms with E-state index in [2.05, 4.69) is 0 Å². The molecule has 0 aliphatic heterocycles. The summed E-state index contributed by atoms with van der Waals surface area (Å²) in [5, 5.41) is 9.20. The van der Waals surface area contributed by atoms with Gasteiger partial charge in [-0.05, 0) is 49.6 Å². The molecule has 1 aromatic carbocycles. The average molecular weight is 365 g/mol. The second-order valence-electron chi connectivity index (χ2n) is 5.83. The van der Waals surface area contributed by atoms with E-state index in [1.165, 1.54) is 0 Å². The van der Waals surface area contributed by atoms with Crippen molar-refractivity contribution >= 4 is 11.9 Å². The summed E-state index contributed by atoms with van der Waals surface area (Å²) in [7, 11) is 0. The van der Waals surface area contributed by atoms with E-state index >= 15 is 0 Å². The molecule has 1 aromatic rings. The third kappa shape index (κ3) is 12.6. The largest absolute Gasteiger partial charge is 0.508 e. The van der Waals surface area contributed by atoms with Gasteiger partial charge in [0.25, 0.3) is 0 Å². The molecule has 26 heavy (non-hydrogen) atoms. The number of unbranched alkanes of at least 4 members (excludes halogenated alkanes) is 1. The van der Waals surface area contributed by atoms with Crippen LogP contribution in [0.3, 0.4) is 0 Å². The fraction of sp³-hybridized carbons (Fsp3) is 0.550. The second-order valence-corrected chi connectivity index (χ2v) is 5.83. The van der Waals surface area contributed by atoms with Gasteiger partial charge in [0.05, 0.1) is 26.4 Å². The Labute approximate surface area is 155 Å². The van der Waals surface area contributed by atoms with Crippen molar-refractivity contribution in [3.8, 4) is 5.75 Å². The van der Waals surface area contributed by atoms with Crippen molar-refractivity contribution < 1.29 is 24.1 Å². The van der Waals surface area contributed by atoms with Gasteiger partial charge in [-0.3, -0.25) is 4.79 Å². The van der Waals surface area contributed by atoms with Gasteiger partial charge in [0.15, 0.2) is 5.78 Å². The number of phenolic OH excluding ortho intramolecular Hbond substituents is 1. The minimum Gasteiger partial charge on any atom is -0.508 e. The summed E-state index contributed by atoms with van der Waals surface area (Å²) in [6.07, 6.45) is 6.37. The molecule has 6 nitrogen and oxygen atoms in total. The van der Waals surface area contributed by atoms with Crippen molar-refractivity contribution in [2.45, 2.75) is 25.7 Å². The standard InChI is InChI=1S/C20H31NO5/c21-11-3-13-25-15-17-26-16-14-24-12-2-1-4-19(22)8-5-18-6-9-20(23)10-7-18/h5-10,23H,1-4,11-17,21H2/b8-5+. The molecule has 0 unspecified atom stereocenters. The van der Waals surface area contributed by atoms with Crippen LogP contribution in [0.4, 0.5) is 0 Å². The Hall–Kier alpha value is -1.73. The molecule has 0 amide bonds. The van der Waals surface area contributed by atoms with Crippen LogP contribution >= 0.6 is 0 Å². The van der Waals surface area contributed by atoms with E-state index < -0.39 is 0 Å². The van der Waals surface area contributed by atoms with E-state index in [1.54, 1.807) is 36.4 Å². The molecule has 0 aromatic heterocycles. The molecule has 0 bridgehead atoms. The van der Waals surface area contributed by atoms with Gasteiger partial charge in [0.1, 0.15) is 5.75 Å². The topological polar surface area (TPSA) is 91.0 Å². The number of hydrogen-bond donors (Lipinski definition) is 2. The number of nitrogens with two attached hydrogens (primary N) is 1. The Balaban J connectivity index is 1.89. The van der Waals surface area contributed by atoms with E-state index in [1.807, 2.05) is 0 Å². The van der Waals surface area contributed by atoms with Gasteiger partial charge in [-0.1, -0.05) is 18.2 Å². The summed E-state index contributed by atoms with van der Waals surface area (Å²) in [6.45, 7) is 4.21. The highest BCUT2D eigenvalue weighted by atomic mass is 16.5. The van der Waals surface area contributed by atoms with Gasteiger partial charge in [-0.15, -0.1) is 0 Å². The Bertz CT molecular complexity index is 501. The predicted octanol–water partition coefficient (Wildman–Crippen LogP) is 2.54. The normalized spacial score (nSPS) is 11.3. The monoisotopic (exact) mass is 365 g/mol. The molecule has 0 aliphatic rings. The molecule has 0 heterocycles. The lowest BCUT2D eigenvalue weighted by atomic mass is 10.1. The molecule has 3 N–H and O–H groups in total. The molecule has 0 fully saturated rings. The Morgan fingerprint density at radius 1 is 0.885 bits per heavy atom. The van der Waals surface area contributed by atoms with Crippen molar-refractivity contribution in [3.63, 3.8) is 0 Å². The average Bonchev–Trinajstić information content (AvgIpc) is 2.65. The zero-order valence-electron chi connectivity index (χ0n) is 15.4. The van der Waals surface area contributed by atoms with Crippen molar-refractivity contribution in [1.82, 2.24) is 0 Å². The molecule has 0 radical (unpaired) electrons. The van der Waals surface area contributed by atoms with E-state index in [9.17, 15) is 9.90 Å². The number of benzene rings is 1. The summed E-state index contributed by atoms with van der Waals surface area (Å²) in [6, 6.07) is 6.73. The van der Waals surface area contributed by atoms with Crippen molar-refractivity contribution in [2.75, 3.05) is 46.2 Å². The van der Waals surface area contributed by atoms with E-state index in [0.29, 0.717) is 52.6 Å². The maximum atomic E-state index is 11.8. The number of aromatic hydroxyl groups is 1. The number of ketones is 1. The van der Waals surface area contributed by atoms with Crippen LogP contribution in [-0.2, 0) is 19.0 Å². The predicted molar refractivity (Wildman–Crippen MR) is 102 cm³/mol. The van der Waals surface area contributed by atoms with Gasteiger partial charge in [0, 0.05) is 19.6 Å². The van der Waals surface area contributed by atoms with Gasteiger partial charge >= 0.3 is 0 Å². The van der Waals surface area contributed by atoms with Gasteiger partial charge in [-0.25, -0.2) is 0 Å². The van der Waals surface area contributed by atoms with Crippen LogP contribution in [0.25, 0.3) is 6.08 Å². The third-order valence-electron chi connectivity index (χ3n) is 3.55. The number of phenols is 1. The SMILES string of the molecule is NCCCOCCOCCOCCCCC(=O)/C=C/c1ccc(O)cc1. The van der Waals surface area contributed by atoms with Gasteiger partial charge in [0.2, 0.25) is 0 Å². The molecule has 0 saturated carbocycles. The Kier molecular flexibility index (Phi) is 13.3. The Morgan fingerprint density at radius 3 is 2.08 bits per heavy atom. The highest BCUT2D eigenvalue weighted by Gasteiger charge is 1.98. The quantitative estimate of drug-likeness (QED) is 0.346. The molecule has 0 atom stereocenters. The summed E-state index contributed by atoms with van der Waals surface area (Å²) in [4.78, 5) is 11.8. The lowest BCUT2D eigenvalue weighted by Crippen LogP contribution is -2.11. The summed E-state index contributed by atoms with van der Waals surface area (Å²) >= 11 is 0. The van der Waals surface area contributed by atoms with Crippen LogP contribution in [0.5, 0.6) is 5.75 Å². The second kappa shape index (κ2) is 15.5. The fourth-order valence-corrected chi connectivity index (χ4v) is 2.09. The minimum atomic E-state index is 0.0936. The summed E-state index contributed by atoms with van der Waals surface area (Å²) in [5.41, 5.74) is 6.25. The van der Waals surface area contributed by atoms with Crippen molar-refractivity contribution in [1.29, 1.82) is 0 Å². The molecule has 0 spiro atoms. The molecule has 1 rings (SSSR count). The lowest BCUT2D eigenvalue weighted by molar-refractivity contribution is -0.114. The number of carbonyl (C=O) groups is 1. The van der Waals surface area contributed by atoms with Crippen LogP contribution in [0.2, 0.25) is 0 Å². The minimum absolute atomic E-state index is 0.0936. The molecule has 6 heteroatoms. The first-order chi connectivity index (χ1) is 12.7. The van der Waals surface area contributed by atoms with Crippen molar-refractivity contribution in [2.24, 2.45) is 5.73 Å². The first-order valence-electron chi connectivity index (χ1n) is 9.15. The first kappa shape index (κ1) is 22.3. The van der Waals surface area contributed by atoms with Crippen LogP contribution in [0.1, 0.15) is 31.2 Å². The van der Waals surface area contributed by atoms with Crippen LogP contribution in [0, 0.1) is 0 Å². The lowest BCUT2D eigenvalue weighted by Gasteiger charge is -2.06. The van der Waals surface area contributed by atoms with Crippen LogP contribution in [0.15, 0.2) is 30.3 Å². The number of rotatable bonds is 16. The van der Waals surface area contributed by atoms with E-state index in [0.717, 1.165) is 24.8 Å². The first-order valence-corrected chi connectivity index (χ1v) is 9.15.